The number of aryl methyl sites for hydroxylation is 2. The highest BCUT2D eigenvalue weighted by Gasteiger charge is 2.17. The molecule has 0 radical (unpaired) electrons. The molecule has 0 atom stereocenters. The van der Waals surface area contributed by atoms with Gasteiger partial charge >= 0.3 is 0 Å². The number of hydrogen-bond donors (Lipinski definition) is 1. The van der Waals surface area contributed by atoms with Crippen LogP contribution in [0.1, 0.15) is 27.4 Å². The van der Waals surface area contributed by atoms with Crippen LogP contribution in [0.15, 0.2) is 28.8 Å². The van der Waals surface area contributed by atoms with E-state index in [4.69, 9.17) is 9.15 Å². The Morgan fingerprint density at radius 1 is 1.35 bits per heavy atom. The number of anilines is 1. The minimum Gasteiger partial charge on any atom is -0.466 e. The lowest BCUT2D eigenvalue weighted by Crippen LogP contribution is -2.37. The van der Waals surface area contributed by atoms with Crippen LogP contribution in [-0.4, -0.2) is 37.2 Å². The molecule has 1 aliphatic rings. The molecule has 0 saturated carbocycles. The monoisotopic (exact) mass is 315 g/mol. The number of furan rings is 1. The summed E-state index contributed by atoms with van der Waals surface area (Å²) in [5, 5.41) is 2.95. The number of nitrogens with zero attached hydrogens (tertiary/aromatic N) is 2. The molecule has 1 saturated heterocycles. The predicted octanol–water partition coefficient (Wildman–Crippen LogP) is 2.06. The lowest BCUT2D eigenvalue weighted by Gasteiger charge is -2.29. The summed E-state index contributed by atoms with van der Waals surface area (Å²) in [6, 6.07) is 5.64. The van der Waals surface area contributed by atoms with Gasteiger partial charge in [0.25, 0.3) is 5.91 Å². The highest BCUT2D eigenvalue weighted by atomic mass is 16.5. The van der Waals surface area contributed by atoms with Crippen LogP contribution in [0.5, 0.6) is 0 Å². The van der Waals surface area contributed by atoms with E-state index in [1.54, 1.807) is 19.2 Å². The zero-order valence-electron chi connectivity index (χ0n) is 13.5. The SMILES string of the molecule is Cc1cc(C(=O)NCc2cccnc2N2CCOCC2)c(C)o1. The molecule has 0 bridgehead atoms. The number of amides is 1. The molecule has 1 N–H and O–H groups in total. The number of rotatable bonds is 4. The molecule has 0 aromatic carbocycles. The highest BCUT2D eigenvalue weighted by Crippen LogP contribution is 2.19. The zero-order chi connectivity index (χ0) is 16.2. The summed E-state index contributed by atoms with van der Waals surface area (Å²) >= 11 is 0. The van der Waals surface area contributed by atoms with Crippen molar-refractivity contribution in [2.75, 3.05) is 31.2 Å². The van der Waals surface area contributed by atoms with Crippen molar-refractivity contribution in [3.63, 3.8) is 0 Å². The van der Waals surface area contributed by atoms with Gasteiger partial charge < -0.3 is 19.4 Å². The highest BCUT2D eigenvalue weighted by molar-refractivity contribution is 5.95. The Morgan fingerprint density at radius 2 is 2.13 bits per heavy atom. The van der Waals surface area contributed by atoms with Crippen molar-refractivity contribution >= 4 is 11.7 Å². The Hall–Kier alpha value is -2.34. The molecule has 3 rings (SSSR count). The molecule has 0 unspecified atom stereocenters. The lowest BCUT2D eigenvalue weighted by atomic mass is 10.2. The summed E-state index contributed by atoms with van der Waals surface area (Å²) in [7, 11) is 0. The molecular weight excluding hydrogens is 294 g/mol. The Kier molecular flexibility index (Phi) is 4.62. The van der Waals surface area contributed by atoms with Crippen LogP contribution < -0.4 is 10.2 Å². The van der Waals surface area contributed by atoms with Crippen LogP contribution in [0.3, 0.4) is 0 Å². The van der Waals surface area contributed by atoms with Crippen LogP contribution >= 0.6 is 0 Å². The molecule has 1 aliphatic heterocycles. The lowest BCUT2D eigenvalue weighted by molar-refractivity contribution is 0.0949. The first kappa shape index (κ1) is 15.6. The van der Waals surface area contributed by atoms with Gasteiger partial charge in [-0.15, -0.1) is 0 Å². The predicted molar refractivity (Wildman–Crippen MR) is 86.6 cm³/mol. The molecular formula is C17H21N3O3. The third-order valence-electron chi connectivity index (χ3n) is 3.90. The molecule has 0 spiro atoms. The van der Waals surface area contributed by atoms with Crippen molar-refractivity contribution < 1.29 is 13.9 Å². The number of carbonyl (C=O) groups is 1. The van der Waals surface area contributed by atoms with Crippen LogP contribution in [0, 0.1) is 13.8 Å². The normalized spacial score (nSPS) is 14.8. The quantitative estimate of drug-likeness (QED) is 0.935. The fourth-order valence-corrected chi connectivity index (χ4v) is 2.76. The number of aromatic nitrogens is 1. The molecule has 23 heavy (non-hydrogen) atoms. The molecule has 3 heterocycles. The van der Waals surface area contributed by atoms with E-state index in [-0.39, 0.29) is 5.91 Å². The summed E-state index contributed by atoms with van der Waals surface area (Å²) < 4.78 is 10.8. The Balaban J connectivity index is 1.70. The van der Waals surface area contributed by atoms with Crippen LogP contribution in [0.25, 0.3) is 0 Å². The first-order valence-corrected chi connectivity index (χ1v) is 7.77. The van der Waals surface area contributed by atoms with E-state index >= 15 is 0 Å². The largest absolute Gasteiger partial charge is 0.466 e. The molecule has 6 heteroatoms. The molecule has 0 aliphatic carbocycles. The van der Waals surface area contributed by atoms with E-state index in [0.717, 1.165) is 30.2 Å². The van der Waals surface area contributed by atoms with Gasteiger partial charge in [0.1, 0.15) is 17.3 Å². The molecule has 122 valence electrons. The number of carbonyl (C=O) groups excluding carboxylic acids is 1. The smallest absolute Gasteiger partial charge is 0.255 e. The number of morpholine rings is 1. The van der Waals surface area contributed by atoms with Crippen molar-refractivity contribution in [2.24, 2.45) is 0 Å². The first-order chi connectivity index (χ1) is 11.1. The second-order valence-corrected chi connectivity index (χ2v) is 5.60. The van der Waals surface area contributed by atoms with Gasteiger partial charge in [0, 0.05) is 31.4 Å². The van der Waals surface area contributed by atoms with Crippen molar-refractivity contribution in [3.8, 4) is 0 Å². The fraction of sp³-hybridized carbons (Fsp3) is 0.412. The number of hydrogen-bond acceptors (Lipinski definition) is 5. The van der Waals surface area contributed by atoms with E-state index in [2.05, 4.69) is 15.2 Å². The molecule has 2 aromatic heterocycles. The number of pyridine rings is 1. The van der Waals surface area contributed by atoms with E-state index in [1.165, 1.54) is 0 Å². The topological polar surface area (TPSA) is 67.6 Å². The summed E-state index contributed by atoms with van der Waals surface area (Å²) in [5.74, 6) is 2.16. The van der Waals surface area contributed by atoms with Crippen LogP contribution in [0.4, 0.5) is 5.82 Å². The summed E-state index contributed by atoms with van der Waals surface area (Å²) in [4.78, 5) is 19.0. The third kappa shape index (κ3) is 3.53. The van der Waals surface area contributed by atoms with Crippen LogP contribution in [-0.2, 0) is 11.3 Å². The van der Waals surface area contributed by atoms with Crippen molar-refractivity contribution in [3.05, 3.63) is 47.0 Å². The van der Waals surface area contributed by atoms with Gasteiger partial charge in [-0.3, -0.25) is 4.79 Å². The van der Waals surface area contributed by atoms with Crippen molar-refractivity contribution in [1.82, 2.24) is 10.3 Å². The van der Waals surface area contributed by atoms with Crippen LogP contribution in [0.2, 0.25) is 0 Å². The van der Waals surface area contributed by atoms with Gasteiger partial charge in [0.15, 0.2) is 0 Å². The second kappa shape index (κ2) is 6.83. The number of ether oxygens (including phenoxy) is 1. The van der Waals surface area contributed by atoms with Crippen molar-refractivity contribution in [1.29, 1.82) is 0 Å². The Morgan fingerprint density at radius 3 is 2.83 bits per heavy atom. The van der Waals surface area contributed by atoms with Gasteiger partial charge in [-0.1, -0.05) is 6.07 Å². The van der Waals surface area contributed by atoms with Gasteiger partial charge in [-0.05, 0) is 26.0 Å². The number of nitrogens with one attached hydrogen (secondary N) is 1. The maximum Gasteiger partial charge on any atom is 0.255 e. The molecule has 2 aromatic rings. The second-order valence-electron chi connectivity index (χ2n) is 5.60. The molecule has 1 amide bonds. The Labute approximate surface area is 135 Å². The summed E-state index contributed by atoms with van der Waals surface area (Å²) in [6.45, 7) is 7.11. The maximum absolute atomic E-state index is 12.3. The average molecular weight is 315 g/mol. The Bertz CT molecular complexity index is 690. The minimum atomic E-state index is -0.129. The summed E-state index contributed by atoms with van der Waals surface area (Å²) in [5.41, 5.74) is 1.58. The zero-order valence-corrected chi connectivity index (χ0v) is 13.5. The fourth-order valence-electron chi connectivity index (χ4n) is 2.76. The van der Waals surface area contributed by atoms with Gasteiger partial charge in [0.05, 0.1) is 18.8 Å². The third-order valence-corrected chi connectivity index (χ3v) is 3.90. The van der Waals surface area contributed by atoms with E-state index in [1.807, 2.05) is 19.1 Å². The average Bonchev–Trinajstić information content (AvgIpc) is 2.92. The first-order valence-electron chi connectivity index (χ1n) is 7.77. The standard InChI is InChI=1S/C17H21N3O3/c1-12-10-15(13(2)23-12)17(21)19-11-14-4-3-5-18-16(14)20-6-8-22-9-7-20/h3-5,10H,6-9,11H2,1-2H3,(H,19,21). The molecule has 6 nitrogen and oxygen atoms in total. The van der Waals surface area contributed by atoms with E-state index in [9.17, 15) is 4.79 Å². The maximum atomic E-state index is 12.3. The minimum absolute atomic E-state index is 0.129. The molecule has 1 fully saturated rings. The summed E-state index contributed by atoms with van der Waals surface area (Å²) in [6.07, 6.45) is 1.78. The van der Waals surface area contributed by atoms with E-state index in [0.29, 0.717) is 31.1 Å². The van der Waals surface area contributed by atoms with Gasteiger partial charge in [0.2, 0.25) is 0 Å². The van der Waals surface area contributed by atoms with E-state index < -0.39 is 0 Å². The van der Waals surface area contributed by atoms with Gasteiger partial charge in [-0.2, -0.15) is 0 Å². The van der Waals surface area contributed by atoms with Crippen molar-refractivity contribution in [2.45, 2.75) is 20.4 Å². The van der Waals surface area contributed by atoms with Gasteiger partial charge in [-0.25, -0.2) is 4.98 Å².